The number of benzene rings is 1. The Morgan fingerprint density at radius 2 is 2.00 bits per heavy atom. The lowest BCUT2D eigenvalue weighted by molar-refractivity contribution is -0.139. The molecule has 1 saturated carbocycles. The van der Waals surface area contributed by atoms with Crippen LogP contribution in [-0.2, 0) is 20.4 Å². The van der Waals surface area contributed by atoms with Gasteiger partial charge in [-0.2, -0.15) is 0 Å². The number of urea groups is 1. The molecule has 2 bridgehead atoms. The average molecular weight is 444 g/mol. The zero-order chi connectivity index (χ0) is 23.1. The number of hydrogen-bond donors (Lipinski definition) is 3. The van der Waals surface area contributed by atoms with E-state index in [-0.39, 0.29) is 19.4 Å². The molecule has 4 atom stereocenters. The molecule has 4 aliphatic rings. The van der Waals surface area contributed by atoms with Crippen LogP contribution in [0.5, 0.6) is 5.75 Å². The predicted octanol–water partition coefficient (Wildman–Crippen LogP) is 1.56. The number of rotatable bonds is 1. The molecule has 0 aromatic heterocycles. The summed E-state index contributed by atoms with van der Waals surface area (Å²) in [7, 11) is 1.58. The van der Waals surface area contributed by atoms with E-state index < -0.39 is 46.1 Å². The van der Waals surface area contributed by atoms with Crippen LogP contribution >= 0.6 is 0 Å². The highest BCUT2D eigenvalue weighted by Crippen LogP contribution is 2.72. The van der Waals surface area contributed by atoms with Gasteiger partial charge in [-0.25, -0.2) is 9.59 Å². The van der Waals surface area contributed by atoms with Gasteiger partial charge in [0.25, 0.3) is 0 Å². The topological polar surface area (TPSA) is 117 Å². The van der Waals surface area contributed by atoms with E-state index in [1.807, 2.05) is 18.2 Å². The van der Waals surface area contributed by atoms with Crippen molar-refractivity contribution in [1.82, 2.24) is 15.5 Å². The van der Waals surface area contributed by atoms with Crippen molar-refractivity contribution in [3.63, 3.8) is 0 Å². The third-order valence-electron chi connectivity index (χ3n) is 7.60. The summed E-state index contributed by atoms with van der Waals surface area (Å²) < 4.78 is 11.1. The maximum atomic E-state index is 13.0. The Bertz CT molecular complexity index is 1040. The number of aliphatic hydroxyl groups is 1. The Morgan fingerprint density at radius 3 is 2.69 bits per heavy atom. The van der Waals surface area contributed by atoms with Gasteiger partial charge in [0.1, 0.15) is 11.4 Å². The number of amides is 4. The van der Waals surface area contributed by atoms with E-state index in [0.29, 0.717) is 18.7 Å². The van der Waals surface area contributed by atoms with Crippen molar-refractivity contribution in [2.45, 2.75) is 68.1 Å². The van der Waals surface area contributed by atoms with Gasteiger partial charge < -0.3 is 24.8 Å². The van der Waals surface area contributed by atoms with E-state index in [1.165, 1.54) is 0 Å². The molecule has 32 heavy (non-hydrogen) atoms. The lowest BCUT2D eigenvalue weighted by Gasteiger charge is -2.60. The minimum Gasteiger partial charge on any atom is -0.497 e. The number of hydrogen-bond acceptors (Lipinski definition) is 6. The van der Waals surface area contributed by atoms with Gasteiger partial charge in [-0.1, -0.05) is 6.07 Å². The molecule has 2 saturated heterocycles. The smallest absolute Gasteiger partial charge is 0.410 e. The number of ether oxygens (including phenoxy) is 2. The number of methoxy groups -OCH3 is 1. The van der Waals surface area contributed by atoms with Crippen molar-refractivity contribution >= 4 is 18.0 Å². The van der Waals surface area contributed by atoms with Crippen LogP contribution in [-0.4, -0.2) is 65.5 Å². The molecule has 0 radical (unpaired) electrons. The molecule has 3 unspecified atom stereocenters. The summed E-state index contributed by atoms with van der Waals surface area (Å²) in [6, 6.07) is 4.62. The Kier molecular flexibility index (Phi) is 4.19. The summed E-state index contributed by atoms with van der Waals surface area (Å²) in [5.74, 6) is 0.178. The van der Waals surface area contributed by atoms with Crippen molar-refractivity contribution in [3.8, 4) is 5.75 Å². The number of nitrogens with one attached hydrogen (secondary N) is 2. The van der Waals surface area contributed by atoms with Crippen molar-refractivity contribution in [2.24, 2.45) is 0 Å². The highest BCUT2D eigenvalue weighted by Gasteiger charge is 2.81. The largest absolute Gasteiger partial charge is 0.497 e. The number of nitrogens with zero attached hydrogens (tertiary/aromatic N) is 1. The summed E-state index contributed by atoms with van der Waals surface area (Å²) in [6.07, 6.45) is 0.186. The zero-order valence-electron chi connectivity index (χ0n) is 18.8. The molecule has 9 nitrogen and oxygen atoms in total. The molecule has 3 N–H and O–H groups in total. The van der Waals surface area contributed by atoms with Gasteiger partial charge >= 0.3 is 12.1 Å². The van der Waals surface area contributed by atoms with E-state index in [2.05, 4.69) is 10.6 Å². The summed E-state index contributed by atoms with van der Waals surface area (Å²) in [6.45, 7) is 5.99. The van der Waals surface area contributed by atoms with Gasteiger partial charge in [0.2, 0.25) is 5.91 Å². The first kappa shape index (κ1) is 21.1. The third kappa shape index (κ3) is 2.57. The quantitative estimate of drug-likeness (QED) is 0.606. The van der Waals surface area contributed by atoms with Gasteiger partial charge in [0, 0.05) is 30.3 Å². The summed E-state index contributed by atoms with van der Waals surface area (Å²) in [5.41, 5.74) is -1.62. The fourth-order valence-corrected chi connectivity index (χ4v) is 6.66. The summed E-state index contributed by atoms with van der Waals surface area (Å²) in [5, 5.41) is 17.3. The minimum atomic E-state index is -1.42. The first-order chi connectivity index (χ1) is 15.0. The van der Waals surface area contributed by atoms with E-state index in [1.54, 1.807) is 32.8 Å². The van der Waals surface area contributed by atoms with Gasteiger partial charge in [0.15, 0.2) is 0 Å². The second kappa shape index (κ2) is 6.37. The highest BCUT2D eigenvalue weighted by atomic mass is 16.6. The molecule has 4 amide bonds. The van der Waals surface area contributed by atoms with Gasteiger partial charge in [-0.15, -0.1) is 0 Å². The number of carbonyl (C=O) groups is 3. The number of fused-ring (bicyclic) bond motifs is 2. The average Bonchev–Trinajstić information content (AvgIpc) is 3.05. The maximum absolute atomic E-state index is 13.0. The SMILES string of the molecule is COc1ccc2c(c1)[C@@]13CC(=O)NC(=O)NCCC1(O)C1N(C(=O)OC(C)(C)C)CC21C3. The first-order valence-corrected chi connectivity index (χ1v) is 10.9. The molecule has 5 rings (SSSR count). The Morgan fingerprint density at radius 1 is 1.25 bits per heavy atom. The van der Waals surface area contributed by atoms with Crippen LogP contribution < -0.4 is 15.4 Å². The molecule has 3 fully saturated rings. The van der Waals surface area contributed by atoms with Crippen LogP contribution in [0.4, 0.5) is 9.59 Å². The molecule has 1 aromatic rings. The van der Waals surface area contributed by atoms with Crippen LogP contribution in [0.2, 0.25) is 0 Å². The molecular weight excluding hydrogens is 414 g/mol. The van der Waals surface area contributed by atoms with E-state index in [0.717, 1.165) is 11.1 Å². The Balaban J connectivity index is 1.66. The lowest BCUT2D eigenvalue weighted by Crippen LogP contribution is -2.75. The second-order valence-electron chi connectivity index (χ2n) is 10.5. The number of imide groups is 1. The molecule has 172 valence electrons. The molecule has 2 spiro atoms. The van der Waals surface area contributed by atoms with Gasteiger partial charge in [-0.05, 0) is 56.9 Å². The molecule has 1 aromatic carbocycles. The van der Waals surface area contributed by atoms with Crippen LogP contribution in [0.15, 0.2) is 18.2 Å². The number of carbonyl (C=O) groups excluding carboxylic acids is 3. The van der Waals surface area contributed by atoms with Gasteiger partial charge in [0.05, 0.1) is 18.8 Å². The zero-order valence-corrected chi connectivity index (χ0v) is 18.8. The molecule has 2 heterocycles. The van der Waals surface area contributed by atoms with Crippen LogP contribution in [0, 0.1) is 0 Å². The fraction of sp³-hybridized carbons (Fsp3) is 0.609. The van der Waals surface area contributed by atoms with E-state index in [4.69, 9.17) is 9.47 Å². The van der Waals surface area contributed by atoms with Crippen molar-refractivity contribution in [2.75, 3.05) is 20.2 Å². The second-order valence-corrected chi connectivity index (χ2v) is 10.5. The van der Waals surface area contributed by atoms with Crippen molar-refractivity contribution < 1.29 is 29.0 Å². The molecule has 2 aliphatic heterocycles. The van der Waals surface area contributed by atoms with Crippen molar-refractivity contribution in [1.29, 1.82) is 0 Å². The van der Waals surface area contributed by atoms with Crippen molar-refractivity contribution in [3.05, 3.63) is 29.3 Å². The standard InChI is InChI=1S/C23H29N3O6/c1-20(2,3)32-19(29)26-12-21-11-22(15-9-13(31-4)5-6-14(15)21)10-16(27)25-18(28)24-8-7-23(22,30)17(21)26/h5-6,9,17,30H,7-8,10-12H2,1-4H3,(H2,24,25,27,28)/t17?,21?,22-,23?/m0/s1. The lowest BCUT2D eigenvalue weighted by atomic mass is 9.58. The molecule has 2 aliphatic carbocycles. The normalized spacial score (nSPS) is 35.2. The molecular formula is C23H29N3O6. The summed E-state index contributed by atoms with van der Waals surface area (Å²) >= 11 is 0. The monoisotopic (exact) mass is 443 g/mol. The Hall–Kier alpha value is -2.81. The fourth-order valence-electron chi connectivity index (χ4n) is 6.66. The Labute approximate surface area is 186 Å². The van der Waals surface area contributed by atoms with Gasteiger partial charge in [-0.3, -0.25) is 10.1 Å². The highest BCUT2D eigenvalue weighted by molar-refractivity contribution is 5.95. The van der Waals surface area contributed by atoms with E-state index in [9.17, 15) is 19.5 Å². The third-order valence-corrected chi connectivity index (χ3v) is 7.60. The number of likely N-dealkylation sites (tertiary alicyclic amines) is 1. The van der Waals surface area contributed by atoms with Crippen LogP contribution in [0.1, 0.15) is 51.2 Å². The van der Waals surface area contributed by atoms with E-state index >= 15 is 0 Å². The summed E-state index contributed by atoms with van der Waals surface area (Å²) in [4.78, 5) is 39.5. The first-order valence-electron chi connectivity index (χ1n) is 10.9. The van der Waals surface area contributed by atoms with Crippen LogP contribution in [0.3, 0.4) is 0 Å². The molecule has 9 heteroatoms. The van der Waals surface area contributed by atoms with Crippen LogP contribution in [0.25, 0.3) is 0 Å². The minimum absolute atomic E-state index is 0.0580. The maximum Gasteiger partial charge on any atom is 0.410 e. The predicted molar refractivity (Wildman–Crippen MR) is 113 cm³/mol.